The third kappa shape index (κ3) is 5.00. The summed E-state index contributed by atoms with van der Waals surface area (Å²) in [4.78, 5) is 17.6. The molecule has 4 aromatic rings. The molecule has 4 rings (SSSR count). The van der Waals surface area contributed by atoms with Gasteiger partial charge in [-0.25, -0.2) is 4.98 Å². The summed E-state index contributed by atoms with van der Waals surface area (Å²) < 4.78 is 12.8. The lowest BCUT2D eigenvalue weighted by Gasteiger charge is -2.15. The second-order valence-electron chi connectivity index (χ2n) is 7.11. The normalized spacial score (nSPS) is 10.7. The van der Waals surface area contributed by atoms with Gasteiger partial charge < -0.3 is 14.8 Å². The van der Waals surface area contributed by atoms with Crippen molar-refractivity contribution in [2.75, 3.05) is 19.5 Å². The average molecular weight is 542 g/mol. The van der Waals surface area contributed by atoms with E-state index in [1.165, 1.54) is 7.11 Å². The van der Waals surface area contributed by atoms with Crippen LogP contribution in [-0.2, 0) is 0 Å². The molecule has 0 aliphatic rings. The molecule has 0 atom stereocenters. The Kier molecular flexibility index (Phi) is 6.92. The number of methoxy groups -OCH3 is 2. The van der Waals surface area contributed by atoms with E-state index in [1.54, 1.807) is 24.5 Å². The van der Waals surface area contributed by atoms with Crippen molar-refractivity contribution in [3.63, 3.8) is 0 Å². The maximum atomic E-state index is 12.9. The average Bonchev–Trinajstić information content (AvgIpc) is 3.23. The van der Waals surface area contributed by atoms with E-state index in [9.17, 15) is 4.79 Å². The van der Waals surface area contributed by atoms with Gasteiger partial charge in [-0.05, 0) is 67.2 Å². The zero-order valence-electron chi connectivity index (χ0n) is 18.1. The number of nitrogens with zero attached hydrogens (tertiary/aromatic N) is 1. The van der Waals surface area contributed by atoms with Crippen LogP contribution in [0.3, 0.4) is 0 Å². The number of benzene rings is 3. The molecule has 168 valence electrons. The molecule has 0 saturated heterocycles. The van der Waals surface area contributed by atoms with Gasteiger partial charge in [0.15, 0.2) is 5.11 Å². The lowest BCUT2D eigenvalue weighted by molar-refractivity contribution is 0.0974. The highest BCUT2D eigenvalue weighted by molar-refractivity contribution is 9.10. The van der Waals surface area contributed by atoms with Gasteiger partial charge >= 0.3 is 0 Å². The number of hydrogen-bond acceptors (Lipinski definition) is 6. The Balaban J connectivity index is 1.57. The first-order valence-corrected chi connectivity index (χ1v) is 11.9. The minimum Gasteiger partial charge on any atom is -0.496 e. The van der Waals surface area contributed by atoms with Crippen molar-refractivity contribution in [1.29, 1.82) is 0 Å². The maximum absolute atomic E-state index is 12.9. The predicted molar refractivity (Wildman–Crippen MR) is 141 cm³/mol. The number of aromatic nitrogens is 1. The van der Waals surface area contributed by atoms with Crippen molar-refractivity contribution in [1.82, 2.24) is 10.3 Å². The van der Waals surface area contributed by atoms with E-state index in [2.05, 4.69) is 26.6 Å². The van der Waals surface area contributed by atoms with Crippen LogP contribution < -0.4 is 20.1 Å². The van der Waals surface area contributed by atoms with E-state index in [1.807, 2.05) is 55.5 Å². The molecule has 0 spiro atoms. The lowest BCUT2D eigenvalue weighted by atomic mass is 10.1. The Bertz CT molecular complexity index is 1340. The quantitative estimate of drug-likeness (QED) is 0.294. The number of aryl methyl sites for hydroxylation is 1. The number of thiocarbonyl (C=S) groups is 1. The van der Waals surface area contributed by atoms with Crippen molar-refractivity contribution in [2.45, 2.75) is 6.92 Å². The number of halogens is 1. The molecule has 0 bridgehead atoms. The van der Waals surface area contributed by atoms with Crippen LogP contribution in [0.1, 0.15) is 15.9 Å². The van der Waals surface area contributed by atoms with Crippen molar-refractivity contribution < 1.29 is 14.3 Å². The molecule has 1 aromatic heterocycles. The lowest BCUT2D eigenvalue weighted by Crippen LogP contribution is -2.34. The highest BCUT2D eigenvalue weighted by Crippen LogP contribution is 2.35. The van der Waals surface area contributed by atoms with Crippen molar-refractivity contribution in [3.8, 4) is 22.1 Å². The molecule has 6 nitrogen and oxygen atoms in total. The molecule has 0 fully saturated rings. The second-order valence-corrected chi connectivity index (χ2v) is 9.47. The fraction of sp³-hybridized carbons (Fsp3) is 0.125. The molecule has 9 heteroatoms. The Hall–Kier alpha value is -3.01. The first-order chi connectivity index (χ1) is 15.9. The topological polar surface area (TPSA) is 72.5 Å². The zero-order chi connectivity index (χ0) is 23.5. The summed E-state index contributed by atoms with van der Waals surface area (Å²) in [5.74, 6) is 0.705. The summed E-state index contributed by atoms with van der Waals surface area (Å²) in [6.07, 6.45) is 0. The van der Waals surface area contributed by atoms with Gasteiger partial charge in [0.2, 0.25) is 0 Å². The molecule has 0 radical (unpaired) electrons. The summed E-state index contributed by atoms with van der Waals surface area (Å²) in [6, 6.07) is 17.3. The van der Waals surface area contributed by atoms with Crippen LogP contribution in [0.4, 0.5) is 5.69 Å². The van der Waals surface area contributed by atoms with Crippen LogP contribution in [0.2, 0.25) is 0 Å². The Morgan fingerprint density at radius 3 is 2.61 bits per heavy atom. The highest BCUT2D eigenvalue weighted by atomic mass is 79.9. The SMILES string of the molecule is COc1ccc(-c2nc3ccccc3s2)cc1NC(=S)NC(=O)c1cc(Br)cc(C)c1OC. The van der Waals surface area contributed by atoms with Crippen molar-refractivity contribution in [2.24, 2.45) is 0 Å². The number of hydrogen-bond donors (Lipinski definition) is 2. The number of amides is 1. The smallest absolute Gasteiger partial charge is 0.261 e. The number of fused-ring (bicyclic) bond motifs is 1. The zero-order valence-corrected chi connectivity index (χ0v) is 21.3. The van der Waals surface area contributed by atoms with E-state index in [0.29, 0.717) is 22.7 Å². The summed E-state index contributed by atoms with van der Waals surface area (Å²) in [7, 11) is 3.11. The minimum absolute atomic E-state index is 0.138. The van der Waals surface area contributed by atoms with Crippen LogP contribution >= 0.6 is 39.5 Å². The van der Waals surface area contributed by atoms with Gasteiger partial charge in [0.05, 0.1) is 35.7 Å². The summed E-state index contributed by atoms with van der Waals surface area (Å²) in [6.45, 7) is 1.87. The number of carbonyl (C=O) groups is 1. The molecule has 0 aliphatic heterocycles. The van der Waals surface area contributed by atoms with Gasteiger partial charge in [0.25, 0.3) is 5.91 Å². The molecule has 2 N–H and O–H groups in total. The van der Waals surface area contributed by atoms with Crippen LogP contribution in [0, 0.1) is 6.92 Å². The Morgan fingerprint density at radius 2 is 1.88 bits per heavy atom. The molecule has 1 heterocycles. The monoisotopic (exact) mass is 541 g/mol. The fourth-order valence-electron chi connectivity index (χ4n) is 3.43. The van der Waals surface area contributed by atoms with E-state index in [0.717, 1.165) is 30.8 Å². The summed E-state index contributed by atoms with van der Waals surface area (Å²) in [5.41, 5.74) is 3.70. The van der Waals surface area contributed by atoms with Gasteiger partial charge in [-0.15, -0.1) is 11.3 Å². The number of carbonyl (C=O) groups excluding carboxylic acids is 1. The molecule has 3 aromatic carbocycles. The van der Waals surface area contributed by atoms with Crippen LogP contribution in [0.25, 0.3) is 20.8 Å². The fourth-order valence-corrected chi connectivity index (χ4v) is 5.16. The Labute approximate surface area is 209 Å². The molecule has 33 heavy (non-hydrogen) atoms. The van der Waals surface area contributed by atoms with E-state index in [-0.39, 0.29) is 11.0 Å². The second kappa shape index (κ2) is 9.86. The van der Waals surface area contributed by atoms with Gasteiger partial charge in [-0.1, -0.05) is 28.1 Å². The number of rotatable bonds is 5. The number of para-hydroxylation sites is 1. The third-order valence-corrected chi connectivity index (χ3v) is 6.65. The molecular formula is C24H20BrN3O3S2. The predicted octanol–water partition coefficient (Wildman–Crippen LogP) is 6.18. The standard InChI is InChI=1S/C24H20BrN3O3S2/c1-13-10-15(25)12-16(21(13)31-3)22(29)28-24(32)27-18-11-14(8-9-19(18)30-2)23-26-17-6-4-5-7-20(17)33-23/h4-12H,1-3H3,(H2,27,28,29,32). The maximum Gasteiger partial charge on any atom is 0.261 e. The van der Waals surface area contributed by atoms with Crippen LogP contribution in [-0.4, -0.2) is 30.2 Å². The van der Waals surface area contributed by atoms with Gasteiger partial charge in [-0.3, -0.25) is 10.1 Å². The number of thiazole rings is 1. The summed E-state index contributed by atoms with van der Waals surface area (Å²) >= 11 is 10.4. The highest BCUT2D eigenvalue weighted by Gasteiger charge is 2.18. The van der Waals surface area contributed by atoms with Gasteiger partial charge in [0, 0.05) is 10.0 Å². The van der Waals surface area contributed by atoms with Crippen molar-refractivity contribution in [3.05, 3.63) is 70.2 Å². The third-order valence-electron chi connectivity index (χ3n) is 4.90. The van der Waals surface area contributed by atoms with Crippen LogP contribution in [0.15, 0.2) is 59.1 Å². The number of anilines is 1. The first-order valence-electron chi connectivity index (χ1n) is 9.90. The van der Waals surface area contributed by atoms with Crippen molar-refractivity contribution >= 4 is 66.4 Å². The van der Waals surface area contributed by atoms with E-state index < -0.39 is 0 Å². The molecule has 0 saturated carbocycles. The number of nitrogens with one attached hydrogen (secondary N) is 2. The largest absolute Gasteiger partial charge is 0.496 e. The molecule has 0 unspecified atom stereocenters. The van der Waals surface area contributed by atoms with E-state index in [4.69, 9.17) is 26.7 Å². The van der Waals surface area contributed by atoms with Gasteiger partial charge in [-0.2, -0.15) is 0 Å². The van der Waals surface area contributed by atoms with Crippen LogP contribution in [0.5, 0.6) is 11.5 Å². The molecule has 1 amide bonds. The van der Waals surface area contributed by atoms with Gasteiger partial charge in [0.1, 0.15) is 16.5 Å². The number of ether oxygens (including phenoxy) is 2. The Morgan fingerprint density at radius 1 is 1.09 bits per heavy atom. The minimum atomic E-state index is -0.380. The summed E-state index contributed by atoms with van der Waals surface area (Å²) in [5, 5.41) is 6.81. The first kappa shape index (κ1) is 23.2. The molecular weight excluding hydrogens is 522 g/mol. The molecule has 0 aliphatic carbocycles. The van der Waals surface area contributed by atoms with E-state index >= 15 is 0 Å².